The Labute approximate surface area is 288 Å². The number of unbranched alkanes of at least 4 members (excludes halogenated alkanes) is 30. The van der Waals surface area contributed by atoms with Gasteiger partial charge in [0.05, 0.1) is 0 Å². The molecule has 0 aliphatic heterocycles. The monoisotopic (exact) mass is 651 g/mol. The summed E-state index contributed by atoms with van der Waals surface area (Å²) in [5, 5.41) is 8.72. The first-order valence-electron chi connectivity index (χ1n) is 21.0. The highest BCUT2D eigenvalue weighted by Gasteiger charge is 2.14. The first kappa shape index (κ1) is 44.9. The Bertz CT molecular complexity index is 619. The van der Waals surface area contributed by atoms with Crippen LogP contribution in [0.15, 0.2) is 0 Å². The third kappa shape index (κ3) is 37.4. The van der Waals surface area contributed by atoms with Crippen LogP contribution in [0, 0.1) is 0 Å². The average Bonchev–Trinajstić information content (AvgIpc) is 3.04. The molecular formula is C42H82O4. The number of hydrogen-bond acceptors (Lipinski definition) is 3. The molecule has 1 unspecified atom stereocenters. The van der Waals surface area contributed by atoms with Crippen molar-refractivity contribution in [2.45, 2.75) is 258 Å². The summed E-state index contributed by atoms with van der Waals surface area (Å²) in [6.07, 6.45) is 45.7. The van der Waals surface area contributed by atoms with Gasteiger partial charge in [-0.05, 0) is 38.5 Å². The number of esters is 1. The lowest BCUT2D eigenvalue weighted by Crippen LogP contribution is -2.18. The molecule has 0 radical (unpaired) electrons. The second-order valence-corrected chi connectivity index (χ2v) is 14.5. The number of carboxylic acids is 1. The van der Waals surface area contributed by atoms with Crippen LogP contribution < -0.4 is 0 Å². The lowest BCUT2D eigenvalue weighted by molar-refractivity contribution is -0.150. The zero-order chi connectivity index (χ0) is 33.6. The zero-order valence-electron chi connectivity index (χ0n) is 31.4. The topological polar surface area (TPSA) is 63.6 Å². The van der Waals surface area contributed by atoms with E-state index in [0.29, 0.717) is 12.8 Å². The summed E-state index contributed by atoms with van der Waals surface area (Å²) in [5.41, 5.74) is 0. The maximum atomic E-state index is 12.7. The molecule has 0 heterocycles. The average molecular weight is 651 g/mol. The van der Waals surface area contributed by atoms with Crippen molar-refractivity contribution in [2.24, 2.45) is 0 Å². The van der Waals surface area contributed by atoms with Crippen molar-refractivity contribution in [3.05, 3.63) is 0 Å². The molecule has 0 spiro atoms. The van der Waals surface area contributed by atoms with E-state index in [1.165, 1.54) is 186 Å². The highest BCUT2D eigenvalue weighted by molar-refractivity contribution is 5.69. The molecule has 1 N–H and O–H groups in total. The van der Waals surface area contributed by atoms with Gasteiger partial charge in [0.2, 0.25) is 0 Å². The van der Waals surface area contributed by atoms with Gasteiger partial charge in [0.15, 0.2) is 0 Å². The van der Waals surface area contributed by atoms with Gasteiger partial charge in [0.25, 0.3) is 0 Å². The van der Waals surface area contributed by atoms with Gasteiger partial charge in [-0.2, -0.15) is 0 Å². The Morgan fingerprint density at radius 1 is 0.391 bits per heavy atom. The fourth-order valence-corrected chi connectivity index (χ4v) is 6.72. The number of carbonyl (C=O) groups excluding carboxylic acids is 1. The van der Waals surface area contributed by atoms with Crippen LogP contribution in [0.1, 0.15) is 251 Å². The summed E-state index contributed by atoms with van der Waals surface area (Å²) in [6, 6.07) is 0. The summed E-state index contributed by atoms with van der Waals surface area (Å²) in [6.45, 7) is 4.56. The molecule has 1 atom stereocenters. The maximum absolute atomic E-state index is 12.7. The van der Waals surface area contributed by atoms with Crippen LogP contribution in [-0.2, 0) is 14.3 Å². The van der Waals surface area contributed by atoms with Crippen LogP contribution in [0.4, 0.5) is 0 Å². The van der Waals surface area contributed by atoms with E-state index in [-0.39, 0.29) is 12.1 Å². The van der Waals surface area contributed by atoms with E-state index in [4.69, 9.17) is 9.84 Å². The van der Waals surface area contributed by atoms with Crippen LogP contribution >= 0.6 is 0 Å². The van der Waals surface area contributed by atoms with E-state index >= 15 is 0 Å². The molecule has 274 valence electrons. The van der Waals surface area contributed by atoms with E-state index in [9.17, 15) is 9.59 Å². The largest absolute Gasteiger partial charge is 0.481 e. The maximum Gasteiger partial charge on any atom is 0.306 e. The minimum atomic E-state index is -0.671. The summed E-state index contributed by atoms with van der Waals surface area (Å²) >= 11 is 0. The Kier molecular flexibility index (Phi) is 37.5. The number of aliphatic carboxylic acids is 1. The van der Waals surface area contributed by atoms with Gasteiger partial charge in [0, 0.05) is 12.8 Å². The molecule has 0 aromatic heterocycles. The molecule has 4 heteroatoms. The van der Waals surface area contributed by atoms with Crippen LogP contribution in [-0.4, -0.2) is 23.1 Å². The quantitative estimate of drug-likeness (QED) is 0.0531. The molecule has 0 amide bonds. The van der Waals surface area contributed by atoms with Crippen molar-refractivity contribution in [2.75, 3.05) is 0 Å². The molecule has 0 aromatic rings. The van der Waals surface area contributed by atoms with Gasteiger partial charge in [-0.3, -0.25) is 9.59 Å². The van der Waals surface area contributed by atoms with E-state index in [1.807, 2.05) is 0 Å². The molecule has 46 heavy (non-hydrogen) atoms. The predicted molar refractivity (Wildman–Crippen MR) is 200 cm³/mol. The van der Waals surface area contributed by atoms with Gasteiger partial charge in [-0.25, -0.2) is 0 Å². The third-order valence-corrected chi connectivity index (χ3v) is 9.83. The lowest BCUT2D eigenvalue weighted by atomic mass is 10.0. The minimum Gasteiger partial charge on any atom is -0.481 e. The fourth-order valence-electron chi connectivity index (χ4n) is 6.72. The Morgan fingerprint density at radius 3 is 0.957 bits per heavy atom. The second kappa shape index (κ2) is 38.4. The molecule has 0 fully saturated rings. The second-order valence-electron chi connectivity index (χ2n) is 14.5. The van der Waals surface area contributed by atoms with Crippen molar-refractivity contribution in [3.63, 3.8) is 0 Å². The molecule has 0 aliphatic rings. The van der Waals surface area contributed by atoms with E-state index in [1.54, 1.807) is 0 Å². The predicted octanol–water partition coefficient (Wildman–Crippen LogP) is 14.5. The highest BCUT2D eigenvalue weighted by Crippen LogP contribution is 2.19. The van der Waals surface area contributed by atoms with Crippen LogP contribution in [0.5, 0.6) is 0 Å². The van der Waals surface area contributed by atoms with E-state index in [2.05, 4.69) is 13.8 Å². The van der Waals surface area contributed by atoms with Crippen LogP contribution in [0.2, 0.25) is 0 Å². The van der Waals surface area contributed by atoms with Crippen molar-refractivity contribution in [1.82, 2.24) is 0 Å². The molecular weight excluding hydrogens is 568 g/mol. The third-order valence-electron chi connectivity index (χ3n) is 9.83. The number of ether oxygens (including phenoxy) is 1. The van der Waals surface area contributed by atoms with Gasteiger partial charge >= 0.3 is 11.9 Å². The molecule has 0 saturated heterocycles. The van der Waals surface area contributed by atoms with Gasteiger partial charge < -0.3 is 9.84 Å². The molecule has 0 aromatic carbocycles. The number of rotatable bonds is 39. The lowest BCUT2D eigenvalue weighted by Gasteiger charge is -2.18. The van der Waals surface area contributed by atoms with Crippen molar-refractivity contribution in [1.29, 1.82) is 0 Å². The van der Waals surface area contributed by atoms with Gasteiger partial charge in [0.1, 0.15) is 6.10 Å². The van der Waals surface area contributed by atoms with Crippen molar-refractivity contribution < 1.29 is 19.4 Å². The highest BCUT2D eigenvalue weighted by atomic mass is 16.5. The number of carbonyl (C=O) groups is 2. The molecule has 0 bridgehead atoms. The Hall–Kier alpha value is -1.06. The van der Waals surface area contributed by atoms with Crippen LogP contribution in [0.3, 0.4) is 0 Å². The number of carboxylic acid groups (broad SMARTS) is 1. The summed E-state index contributed by atoms with van der Waals surface area (Å²) in [7, 11) is 0. The van der Waals surface area contributed by atoms with Crippen molar-refractivity contribution in [3.8, 4) is 0 Å². The SMILES string of the molecule is CCCCCCCCCCCCCCCCCC(=O)OC(CCCCCCCCCC)CCCCCCCCCCCCC(=O)O. The standard InChI is InChI=1S/C42H82O4/c1-3-5-7-9-11-13-14-15-16-17-18-23-27-31-35-39-42(45)46-40(36-32-28-24-12-10-8-6-4-2)37-33-29-25-21-19-20-22-26-30-34-38-41(43)44/h40H,3-39H2,1-2H3,(H,43,44). The first-order chi connectivity index (χ1) is 22.6. The normalized spacial score (nSPS) is 12.0. The minimum absolute atomic E-state index is 0.0441. The van der Waals surface area contributed by atoms with E-state index in [0.717, 1.165) is 38.5 Å². The van der Waals surface area contributed by atoms with Gasteiger partial charge in [-0.1, -0.05) is 200 Å². The number of hydrogen-bond donors (Lipinski definition) is 1. The first-order valence-corrected chi connectivity index (χ1v) is 21.0. The Balaban J connectivity index is 3.96. The van der Waals surface area contributed by atoms with E-state index < -0.39 is 5.97 Å². The molecule has 4 nitrogen and oxygen atoms in total. The van der Waals surface area contributed by atoms with Gasteiger partial charge in [-0.15, -0.1) is 0 Å². The van der Waals surface area contributed by atoms with Crippen LogP contribution in [0.25, 0.3) is 0 Å². The molecule has 0 rings (SSSR count). The molecule has 0 saturated carbocycles. The zero-order valence-corrected chi connectivity index (χ0v) is 31.4. The smallest absolute Gasteiger partial charge is 0.306 e. The molecule has 0 aliphatic carbocycles. The summed E-state index contributed by atoms with van der Waals surface area (Å²) in [4.78, 5) is 23.3. The Morgan fingerprint density at radius 2 is 0.652 bits per heavy atom. The van der Waals surface area contributed by atoms with Crippen molar-refractivity contribution >= 4 is 11.9 Å². The fraction of sp³-hybridized carbons (Fsp3) is 0.952. The summed E-state index contributed by atoms with van der Waals surface area (Å²) in [5.74, 6) is -0.627. The summed E-state index contributed by atoms with van der Waals surface area (Å²) < 4.78 is 6.06.